The molecule has 1 saturated heterocycles. The van der Waals surface area contributed by atoms with Gasteiger partial charge < -0.3 is 14.9 Å². The highest BCUT2D eigenvalue weighted by Crippen LogP contribution is 2.32. The van der Waals surface area contributed by atoms with Gasteiger partial charge in [-0.1, -0.05) is 28.1 Å². The van der Waals surface area contributed by atoms with Gasteiger partial charge in [0, 0.05) is 4.47 Å². The Hall–Kier alpha value is -1.77. The lowest BCUT2D eigenvalue weighted by atomic mass is 9.95. The van der Waals surface area contributed by atoms with Crippen molar-refractivity contribution in [3.05, 3.63) is 34.3 Å². The SMILES string of the molecule is CCOC(=O)CC1(O)CC(=O)N(CC(C)(O)c2ccc(Br)cc2)C1=O. The van der Waals surface area contributed by atoms with Crippen molar-refractivity contribution in [1.82, 2.24) is 4.90 Å². The van der Waals surface area contributed by atoms with Gasteiger partial charge in [-0.05, 0) is 31.5 Å². The molecule has 1 aliphatic heterocycles. The summed E-state index contributed by atoms with van der Waals surface area (Å²) in [6.07, 6.45) is -1.11. The number of carbonyl (C=O) groups is 3. The number of hydrogen-bond donors (Lipinski definition) is 2. The number of hydrogen-bond acceptors (Lipinski definition) is 6. The van der Waals surface area contributed by atoms with Crippen LogP contribution < -0.4 is 0 Å². The first-order chi connectivity index (χ1) is 11.6. The van der Waals surface area contributed by atoms with Crippen molar-refractivity contribution < 1.29 is 29.3 Å². The van der Waals surface area contributed by atoms with Crippen molar-refractivity contribution in [3.63, 3.8) is 0 Å². The molecule has 0 radical (unpaired) electrons. The first-order valence-corrected chi connectivity index (χ1v) is 8.59. The van der Waals surface area contributed by atoms with E-state index in [0.29, 0.717) is 5.56 Å². The van der Waals surface area contributed by atoms with Gasteiger partial charge in [-0.25, -0.2) is 0 Å². The number of carbonyl (C=O) groups excluding carboxylic acids is 3. The van der Waals surface area contributed by atoms with E-state index < -0.39 is 41.8 Å². The fourth-order valence-corrected chi connectivity index (χ4v) is 3.01. The van der Waals surface area contributed by atoms with Gasteiger partial charge in [-0.15, -0.1) is 0 Å². The van der Waals surface area contributed by atoms with Crippen molar-refractivity contribution in [3.8, 4) is 0 Å². The highest BCUT2D eigenvalue weighted by molar-refractivity contribution is 9.10. The normalized spacial score (nSPS) is 22.8. The Labute approximate surface area is 153 Å². The molecule has 2 atom stereocenters. The first kappa shape index (κ1) is 19.6. The number of likely N-dealkylation sites (tertiary alicyclic amines) is 1. The third kappa shape index (κ3) is 4.26. The van der Waals surface area contributed by atoms with Crippen molar-refractivity contribution in [1.29, 1.82) is 0 Å². The summed E-state index contributed by atoms with van der Waals surface area (Å²) in [4.78, 5) is 37.0. The number of aliphatic hydroxyl groups is 2. The second-order valence-corrected chi connectivity index (χ2v) is 7.17. The Balaban J connectivity index is 2.16. The Bertz CT molecular complexity index is 687. The molecule has 136 valence electrons. The minimum absolute atomic E-state index is 0.110. The summed E-state index contributed by atoms with van der Waals surface area (Å²) in [6, 6.07) is 6.79. The highest BCUT2D eigenvalue weighted by Gasteiger charge is 2.53. The van der Waals surface area contributed by atoms with E-state index in [0.717, 1.165) is 9.37 Å². The maximum atomic E-state index is 12.5. The van der Waals surface area contributed by atoms with Crippen molar-refractivity contribution in [2.45, 2.75) is 37.9 Å². The van der Waals surface area contributed by atoms with Crippen LogP contribution in [0.15, 0.2) is 28.7 Å². The number of amides is 2. The molecule has 7 nitrogen and oxygen atoms in total. The van der Waals surface area contributed by atoms with E-state index in [4.69, 9.17) is 4.74 Å². The molecular formula is C17H20BrNO6. The van der Waals surface area contributed by atoms with Gasteiger partial charge in [-0.3, -0.25) is 19.3 Å². The summed E-state index contributed by atoms with van der Waals surface area (Å²) in [5.41, 5.74) is -3.11. The van der Waals surface area contributed by atoms with Crippen LogP contribution in [0.4, 0.5) is 0 Å². The largest absolute Gasteiger partial charge is 0.466 e. The second-order valence-electron chi connectivity index (χ2n) is 6.26. The highest BCUT2D eigenvalue weighted by atomic mass is 79.9. The van der Waals surface area contributed by atoms with Crippen LogP contribution in [0.5, 0.6) is 0 Å². The molecule has 0 aromatic heterocycles. The van der Waals surface area contributed by atoms with Crippen molar-refractivity contribution in [2.75, 3.05) is 13.2 Å². The van der Waals surface area contributed by atoms with Gasteiger partial charge in [0.15, 0.2) is 5.60 Å². The predicted octanol–water partition coefficient (Wildman–Crippen LogP) is 1.10. The molecule has 25 heavy (non-hydrogen) atoms. The van der Waals surface area contributed by atoms with Crippen molar-refractivity contribution >= 4 is 33.7 Å². The Morgan fingerprint density at radius 3 is 2.52 bits per heavy atom. The van der Waals surface area contributed by atoms with E-state index in [1.807, 2.05) is 0 Å². The fourth-order valence-electron chi connectivity index (χ4n) is 2.74. The van der Waals surface area contributed by atoms with Gasteiger partial charge in [0.1, 0.15) is 5.60 Å². The molecule has 0 aliphatic carbocycles. The maximum absolute atomic E-state index is 12.5. The fraction of sp³-hybridized carbons (Fsp3) is 0.471. The van der Waals surface area contributed by atoms with Gasteiger partial charge in [-0.2, -0.15) is 0 Å². The molecule has 0 bridgehead atoms. The van der Waals surface area contributed by atoms with Gasteiger partial charge in [0.2, 0.25) is 5.91 Å². The van der Waals surface area contributed by atoms with Crippen LogP contribution in [-0.4, -0.2) is 51.6 Å². The second kappa shape index (κ2) is 7.23. The summed E-state index contributed by atoms with van der Waals surface area (Å²) in [5.74, 6) is -2.30. The summed E-state index contributed by atoms with van der Waals surface area (Å²) in [6.45, 7) is 2.86. The topological polar surface area (TPSA) is 104 Å². The molecule has 0 saturated carbocycles. The van der Waals surface area contributed by atoms with Crippen LogP contribution in [0.2, 0.25) is 0 Å². The molecule has 8 heteroatoms. The Kier molecular flexibility index (Phi) is 5.65. The van der Waals surface area contributed by atoms with Crippen LogP contribution in [0.25, 0.3) is 0 Å². The summed E-state index contributed by atoms with van der Waals surface area (Å²) >= 11 is 3.29. The summed E-state index contributed by atoms with van der Waals surface area (Å²) in [5, 5.41) is 21.1. The predicted molar refractivity (Wildman–Crippen MR) is 91.2 cm³/mol. The number of halogens is 1. The molecule has 2 N–H and O–H groups in total. The van der Waals surface area contributed by atoms with Crippen LogP contribution in [0.1, 0.15) is 32.3 Å². The number of ether oxygens (including phenoxy) is 1. The smallest absolute Gasteiger partial charge is 0.309 e. The quantitative estimate of drug-likeness (QED) is 0.534. The number of esters is 1. The molecule has 2 unspecified atom stereocenters. The molecule has 0 spiro atoms. The van der Waals surface area contributed by atoms with Gasteiger partial charge in [0.25, 0.3) is 5.91 Å². The third-order valence-corrected chi connectivity index (χ3v) is 4.59. The van der Waals surface area contributed by atoms with Crippen LogP contribution >= 0.6 is 15.9 Å². The summed E-state index contributed by atoms with van der Waals surface area (Å²) < 4.78 is 5.56. The average Bonchev–Trinajstić information content (AvgIpc) is 2.71. The summed E-state index contributed by atoms with van der Waals surface area (Å²) in [7, 11) is 0. The van der Waals surface area contributed by atoms with E-state index in [1.165, 1.54) is 6.92 Å². The molecule has 1 aliphatic rings. The first-order valence-electron chi connectivity index (χ1n) is 7.80. The lowest BCUT2D eigenvalue weighted by molar-refractivity contribution is -0.158. The number of benzene rings is 1. The molecule has 2 amide bonds. The maximum Gasteiger partial charge on any atom is 0.309 e. The minimum Gasteiger partial charge on any atom is -0.466 e. The molecule has 1 fully saturated rings. The van der Waals surface area contributed by atoms with Crippen molar-refractivity contribution in [2.24, 2.45) is 0 Å². The molecule has 1 heterocycles. The van der Waals surface area contributed by atoms with Crippen LogP contribution in [0, 0.1) is 0 Å². The van der Waals surface area contributed by atoms with E-state index in [1.54, 1.807) is 31.2 Å². The number of rotatable bonds is 6. The Morgan fingerprint density at radius 2 is 1.96 bits per heavy atom. The zero-order chi connectivity index (χ0) is 18.8. The molecule has 2 rings (SSSR count). The lowest BCUT2D eigenvalue weighted by Crippen LogP contribution is -2.46. The van der Waals surface area contributed by atoms with E-state index >= 15 is 0 Å². The van der Waals surface area contributed by atoms with Crippen LogP contribution in [-0.2, 0) is 24.7 Å². The van der Waals surface area contributed by atoms with Crippen LogP contribution in [0.3, 0.4) is 0 Å². The molecular weight excluding hydrogens is 394 g/mol. The monoisotopic (exact) mass is 413 g/mol. The van der Waals surface area contributed by atoms with E-state index in [9.17, 15) is 24.6 Å². The lowest BCUT2D eigenvalue weighted by Gasteiger charge is -2.29. The number of β-amino-alcohol motifs (C(OH)–C–C–N with tert-alkyl or cyclic N) is 1. The van der Waals surface area contributed by atoms with Gasteiger partial charge in [0.05, 0.1) is 26.0 Å². The number of nitrogens with zero attached hydrogens (tertiary/aromatic N) is 1. The molecule has 1 aromatic rings. The standard InChI is InChI=1S/C17H20BrNO6/c1-3-25-14(21)9-17(24)8-13(20)19(15(17)22)10-16(2,23)11-4-6-12(18)7-5-11/h4-7,23-24H,3,8-10H2,1-2H3. The van der Waals surface area contributed by atoms with Gasteiger partial charge >= 0.3 is 5.97 Å². The van der Waals surface area contributed by atoms with E-state index in [-0.39, 0.29) is 13.2 Å². The zero-order valence-corrected chi connectivity index (χ0v) is 15.6. The Morgan fingerprint density at radius 1 is 1.36 bits per heavy atom. The third-order valence-electron chi connectivity index (χ3n) is 4.06. The molecule has 1 aromatic carbocycles. The minimum atomic E-state index is -2.13. The number of imide groups is 1. The van der Waals surface area contributed by atoms with E-state index in [2.05, 4.69) is 15.9 Å². The average molecular weight is 414 g/mol. The zero-order valence-electron chi connectivity index (χ0n) is 14.0.